The second-order valence-electron chi connectivity index (χ2n) is 9.15. The normalized spacial score (nSPS) is 16.1. The third kappa shape index (κ3) is 6.01. The quantitative estimate of drug-likeness (QED) is 0.487. The Labute approximate surface area is 215 Å². The van der Waals surface area contributed by atoms with Crippen molar-refractivity contribution in [3.8, 4) is 11.3 Å². The van der Waals surface area contributed by atoms with E-state index in [1.54, 1.807) is 24.3 Å². The molecule has 5 nitrogen and oxygen atoms in total. The Morgan fingerprint density at radius 3 is 2.51 bits per heavy atom. The van der Waals surface area contributed by atoms with Crippen molar-refractivity contribution in [2.24, 2.45) is 5.73 Å². The number of primary amides is 1. The van der Waals surface area contributed by atoms with Crippen LogP contribution in [0.3, 0.4) is 0 Å². The van der Waals surface area contributed by atoms with Gasteiger partial charge in [0, 0.05) is 40.8 Å². The Morgan fingerprint density at radius 2 is 1.83 bits per heavy atom. The molecule has 1 saturated heterocycles. The fourth-order valence-electron chi connectivity index (χ4n) is 4.64. The van der Waals surface area contributed by atoms with Crippen molar-refractivity contribution in [2.45, 2.75) is 25.8 Å². The van der Waals surface area contributed by atoms with Gasteiger partial charge in [-0.1, -0.05) is 29.3 Å². The van der Waals surface area contributed by atoms with E-state index in [2.05, 4.69) is 16.8 Å². The van der Waals surface area contributed by atoms with Gasteiger partial charge in [0.2, 0.25) is 5.91 Å². The van der Waals surface area contributed by atoms with Crippen LogP contribution in [0.4, 0.5) is 4.39 Å². The summed E-state index contributed by atoms with van der Waals surface area (Å²) in [5.74, 6) is -1.83. The van der Waals surface area contributed by atoms with Crippen molar-refractivity contribution in [3.63, 3.8) is 0 Å². The van der Waals surface area contributed by atoms with Crippen molar-refractivity contribution < 1.29 is 9.18 Å². The van der Waals surface area contributed by atoms with E-state index in [4.69, 9.17) is 33.9 Å². The number of likely N-dealkylation sites (N-methyl/N-ethyl adjacent to an activating group) is 1. The van der Waals surface area contributed by atoms with Crippen LogP contribution < -0.4 is 5.73 Å². The molecule has 1 atom stereocenters. The van der Waals surface area contributed by atoms with Crippen LogP contribution >= 0.6 is 23.2 Å². The zero-order valence-electron chi connectivity index (χ0n) is 19.9. The second-order valence-corrected chi connectivity index (χ2v) is 9.96. The van der Waals surface area contributed by atoms with Crippen molar-refractivity contribution >= 4 is 29.1 Å². The number of nitrogens with zero attached hydrogens (tertiary/aromatic N) is 3. The fraction of sp³-hybridized carbons (Fsp3) is 0.333. The van der Waals surface area contributed by atoms with Crippen molar-refractivity contribution in [2.75, 3.05) is 33.2 Å². The molecule has 1 fully saturated rings. The first-order valence-electron chi connectivity index (χ1n) is 11.6. The highest BCUT2D eigenvalue weighted by Gasteiger charge is 2.28. The average Bonchev–Trinajstić information content (AvgIpc) is 2.99. The molecule has 2 N–H and O–H groups in total. The molecule has 2 aromatic carbocycles. The van der Waals surface area contributed by atoms with E-state index < -0.39 is 11.8 Å². The van der Waals surface area contributed by atoms with Gasteiger partial charge in [-0.3, -0.25) is 14.7 Å². The van der Waals surface area contributed by atoms with E-state index in [9.17, 15) is 9.18 Å². The molecule has 35 heavy (non-hydrogen) atoms. The zero-order valence-corrected chi connectivity index (χ0v) is 21.4. The lowest BCUT2D eigenvalue weighted by Crippen LogP contribution is -2.29. The van der Waals surface area contributed by atoms with E-state index in [1.165, 1.54) is 12.1 Å². The zero-order chi connectivity index (χ0) is 25.1. The number of benzene rings is 2. The van der Waals surface area contributed by atoms with E-state index in [0.29, 0.717) is 33.5 Å². The van der Waals surface area contributed by atoms with Crippen LogP contribution in [0.2, 0.25) is 10.0 Å². The largest absolute Gasteiger partial charge is 0.369 e. The summed E-state index contributed by atoms with van der Waals surface area (Å²) in [6.07, 6.45) is 1.08. The Bertz CT molecular complexity index is 1220. The molecule has 184 valence electrons. The molecule has 1 aromatic heterocycles. The summed E-state index contributed by atoms with van der Waals surface area (Å²) >= 11 is 12.9. The number of amides is 1. The molecule has 0 saturated carbocycles. The molecule has 1 aliphatic rings. The minimum absolute atomic E-state index is 0.311. The minimum Gasteiger partial charge on any atom is -0.369 e. The number of rotatable bonds is 6. The maximum atomic E-state index is 13.8. The van der Waals surface area contributed by atoms with Gasteiger partial charge in [-0.2, -0.15) is 0 Å². The predicted molar refractivity (Wildman–Crippen MR) is 139 cm³/mol. The van der Waals surface area contributed by atoms with Gasteiger partial charge in [0.25, 0.3) is 0 Å². The maximum Gasteiger partial charge on any atom is 0.231 e. The van der Waals surface area contributed by atoms with Gasteiger partial charge in [0.1, 0.15) is 11.7 Å². The summed E-state index contributed by atoms with van der Waals surface area (Å²) in [4.78, 5) is 22.3. The van der Waals surface area contributed by atoms with Crippen LogP contribution in [0, 0.1) is 12.7 Å². The molecule has 3 aromatic rings. The molecule has 0 aliphatic carbocycles. The summed E-state index contributed by atoms with van der Waals surface area (Å²) in [6.45, 7) is 6.50. The smallest absolute Gasteiger partial charge is 0.231 e. The molecule has 2 heterocycles. The van der Waals surface area contributed by atoms with Gasteiger partial charge < -0.3 is 10.6 Å². The van der Waals surface area contributed by atoms with Crippen LogP contribution in [0.15, 0.2) is 48.5 Å². The van der Waals surface area contributed by atoms with Crippen LogP contribution in [0.1, 0.15) is 34.7 Å². The van der Waals surface area contributed by atoms with Crippen molar-refractivity contribution in [1.29, 1.82) is 0 Å². The SMILES string of the molecule is Cc1cc(F)ccc1-c1cc(CN2CCCN(C)CC2)cc(C(C(N)=O)c2c(Cl)cccc2Cl)n1. The average molecular weight is 515 g/mol. The lowest BCUT2D eigenvalue weighted by molar-refractivity contribution is -0.118. The predicted octanol–water partition coefficient (Wildman–Crippen LogP) is 5.26. The Balaban J connectivity index is 1.83. The van der Waals surface area contributed by atoms with E-state index in [0.717, 1.165) is 49.3 Å². The van der Waals surface area contributed by atoms with Crippen molar-refractivity contribution in [3.05, 3.63) is 86.8 Å². The highest BCUT2D eigenvalue weighted by molar-refractivity contribution is 6.36. The summed E-state index contributed by atoms with van der Waals surface area (Å²) in [7, 11) is 2.13. The van der Waals surface area contributed by atoms with Gasteiger partial charge >= 0.3 is 0 Å². The third-order valence-corrected chi connectivity index (χ3v) is 7.12. The molecule has 4 rings (SSSR count). The van der Waals surface area contributed by atoms with Gasteiger partial charge in [0.15, 0.2) is 0 Å². The topological polar surface area (TPSA) is 62.5 Å². The number of aromatic nitrogens is 1. The van der Waals surface area contributed by atoms with Crippen LogP contribution in [-0.4, -0.2) is 53.9 Å². The summed E-state index contributed by atoms with van der Waals surface area (Å²) < 4.78 is 13.8. The highest BCUT2D eigenvalue weighted by atomic mass is 35.5. The summed E-state index contributed by atoms with van der Waals surface area (Å²) in [5, 5.41) is 0.701. The Morgan fingerprint density at radius 1 is 1.09 bits per heavy atom. The lowest BCUT2D eigenvalue weighted by atomic mass is 9.92. The number of carbonyl (C=O) groups is 1. The van der Waals surface area contributed by atoms with E-state index >= 15 is 0 Å². The molecular weight excluding hydrogens is 486 g/mol. The lowest BCUT2D eigenvalue weighted by Gasteiger charge is -2.23. The van der Waals surface area contributed by atoms with Gasteiger partial charge in [-0.05, 0) is 87.1 Å². The summed E-state index contributed by atoms with van der Waals surface area (Å²) in [6, 6.07) is 13.6. The molecule has 1 amide bonds. The number of hydrogen-bond donors (Lipinski definition) is 1. The number of carbonyl (C=O) groups excluding carboxylic acids is 1. The van der Waals surface area contributed by atoms with Crippen LogP contribution in [0.25, 0.3) is 11.3 Å². The van der Waals surface area contributed by atoms with E-state index in [-0.39, 0.29) is 5.82 Å². The first-order valence-corrected chi connectivity index (χ1v) is 12.4. The molecule has 0 radical (unpaired) electrons. The number of halogens is 3. The first kappa shape index (κ1) is 25.6. The van der Waals surface area contributed by atoms with Gasteiger partial charge in [-0.15, -0.1) is 0 Å². The Kier molecular flexibility index (Phi) is 8.07. The maximum absolute atomic E-state index is 13.8. The standard InChI is InChI=1S/C27H29Cl2FN4O/c1-17-13-19(30)7-8-20(17)23-14-18(16-34-10-4-9-33(2)11-12-34)15-24(32-23)26(27(31)35)25-21(28)5-3-6-22(25)29/h3,5-8,13-15,26H,4,9-12,16H2,1-2H3,(H2,31,35). The van der Waals surface area contributed by atoms with Crippen LogP contribution in [-0.2, 0) is 11.3 Å². The second kappa shape index (κ2) is 11.0. The first-order chi connectivity index (χ1) is 16.7. The molecule has 0 bridgehead atoms. The van der Waals surface area contributed by atoms with Crippen LogP contribution in [0.5, 0.6) is 0 Å². The highest BCUT2D eigenvalue weighted by Crippen LogP contribution is 2.36. The monoisotopic (exact) mass is 514 g/mol. The summed E-state index contributed by atoms with van der Waals surface area (Å²) in [5.41, 5.74) is 9.98. The molecule has 8 heteroatoms. The number of aryl methyl sites for hydroxylation is 1. The minimum atomic E-state index is -0.925. The number of nitrogens with two attached hydrogens (primary N) is 1. The molecule has 0 spiro atoms. The number of pyridine rings is 1. The van der Waals surface area contributed by atoms with E-state index in [1.807, 2.05) is 19.1 Å². The molecule has 1 aliphatic heterocycles. The third-order valence-electron chi connectivity index (χ3n) is 6.46. The van der Waals surface area contributed by atoms with Crippen molar-refractivity contribution in [1.82, 2.24) is 14.8 Å². The van der Waals surface area contributed by atoms with Gasteiger partial charge in [0.05, 0.1) is 11.4 Å². The molecular formula is C27H29Cl2FN4O. The fourth-order valence-corrected chi connectivity index (χ4v) is 5.26. The number of hydrogen-bond acceptors (Lipinski definition) is 4. The Hall–Kier alpha value is -2.51. The molecule has 1 unspecified atom stereocenters. The van der Waals surface area contributed by atoms with Gasteiger partial charge in [-0.25, -0.2) is 4.39 Å².